The minimum atomic E-state index is -0.434. The number of carbonyl (C=O) groups is 4. The van der Waals surface area contributed by atoms with Crippen LogP contribution in [0.2, 0.25) is 0 Å². The van der Waals surface area contributed by atoms with Crippen LogP contribution in [0, 0.1) is 25.6 Å². The molecule has 23 nitrogen and oxygen atoms in total. The number of halogens is 3. The molecule has 0 spiro atoms. The number of aliphatic imine (C=N–C) groups is 1. The maximum absolute atomic E-state index is 12.5. The van der Waals surface area contributed by atoms with Gasteiger partial charge in [0.15, 0.2) is 0 Å². The lowest BCUT2D eigenvalue weighted by atomic mass is 9.99. The molecule has 10 heterocycles. The molecule has 107 heavy (non-hydrogen) atoms. The molecule has 0 saturated carbocycles. The molecule has 29 heteroatoms. The van der Waals surface area contributed by atoms with Gasteiger partial charge < -0.3 is 56.2 Å². The number of nitro groups is 2. The zero-order chi connectivity index (χ0) is 74.8. The number of alkyl halides is 1. The van der Waals surface area contributed by atoms with Crippen molar-refractivity contribution in [2.24, 2.45) is 10.7 Å². The van der Waals surface area contributed by atoms with Crippen LogP contribution in [0.1, 0.15) is 149 Å². The van der Waals surface area contributed by atoms with Crippen LogP contribution in [-0.2, 0) is 44.9 Å². The van der Waals surface area contributed by atoms with E-state index in [0.717, 1.165) is 119 Å². The molecule has 4 unspecified atom stereocenters. The summed E-state index contributed by atoms with van der Waals surface area (Å²) in [6.45, 7) is 8.99. The molecule has 6 aromatic rings. The second-order valence-corrected chi connectivity index (χ2v) is 30.4. The fraction of sp³-hybridized carbons (Fsp3) is 0.513. The summed E-state index contributed by atoms with van der Waals surface area (Å²) in [7, 11) is 8.69. The van der Waals surface area contributed by atoms with Crippen molar-refractivity contribution < 1.29 is 34.1 Å². The predicted octanol–water partition coefficient (Wildman–Crippen LogP) is 15.2. The molecular weight excluding hydrogens is 1570 g/mol. The quantitative estimate of drug-likeness (QED) is 0.0114. The first kappa shape index (κ1) is 91.0. The Hall–Kier alpha value is -6.64. The molecule has 4 amide bonds. The van der Waals surface area contributed by atoms with Crippen LogP contribution < -0.4 is 31.5 Å². The number of non-ortho nitro benzene ring substituents is 2. The third kappa shape index (κ3) is 26.8. The molecule has 4 saturated heterocycles. The average Bonchev–Trinajstić information content (AvgIpc) is 0.881. The maximum Gasteiger partial charge on any atom is 0.269 e. The summed E-state index contributed by atoms with van der Waals surface area (Å²) in [5, 5.41) is 43.6. The normalized spacial score (nSPS) is 19.4. The van der Waals surface area contributed by atoms with Crippen molar-refractivity contribution >= 4 is 162 Å². The Morgan fingerprint density at radius 1 is 0.598 bits per heavy atom. The van der Waals surface area contributed by atoms with Crippen LogP contribution >= 0.6 is 82.4 Å². The van der Waals surface area contributed by atoms with Crippen LogP contribution in [0.5, 0.6) is 0 Å². The van der Waals surface area contributed by atoms with Crippen molar-refractivity contribution in [2.75, 3.05) is 118 Å². The van der Waals surface area contributed by atoms with Gasteiger partial charge in [-0.15, -0.1) is 82.4 Å². The fourth-order valence-electron chi connectivity index (χ4n) is 14.5. The fourth-order valence-corrected chi connectivity index (χ4v) is 16.6. The van der Waals surface area contributed by atoms with Gasteiger partial charge in [0.1, 0.15) is 10.9 Å². The summed E-state index contributed by atoms with van der Waals surface area (Å²) in [6, 6.07) is 31.7. The number of nitrogen functional groups attached to an aromatic ring is 1. The first-order valence-electron chi connectivity index (χ1n) is 36.4. The number of thioether (sulfide) groups is 1. The molecule has 2 aromatic heterocycles. The van der Waals surface area contributed by atoms with Crippen LogP contribution in [0.25, 0.3) is 0 Å². The van der Waals surface area contributed by atoms with Gasteiger partial charge in [-0.05, 0) is 264 Å². The van der Waals surface area contributed by atoms with Crippen molar-refractivity contribution in [3.05, 3.63) is 160 Å². The van der Waals surface area contributed by atoms with Gasteiger partial charge in [0.25, 0.3) is 11.4 Å². The summed E-state index contributed by atoms with van der Waals surface area (Å²) < 4.78 is 0. The highest BCUT2D eigenvalue weighted by atomic mass is 127. The standard InChI is InChI=1S/C21H26N4OS.C16H21N3O3.C16H23N3O.C9H8N2O3.C7H14ClN.C6H7NS2.C2H6O.CH4.ClH.HI/c1-24-11-2-4-17(24)10-12-25-18-8-7-16(14-15(18)6-9-20(25)26)23-21(22)19-5-3-13-27-19;1-17-9-2-3-13(17)8-10-18-15-6-5-14(19(21)22)11-12(15)4-7-16(18)20;1-18-9-2-3-14(18)8-10-19-15-6-5-13(17)11-12(15)4-7-16(19)20;12-9-4-1-6-5-7(11(13)14)2-3-8(6)10-9;1-9-6-2-3-7(9)4-5-8;1-8-6(7)5-3-2-4-9-5;1-2-3;;;/h3,5,7-8,13-14,17H,2,4,6,9-12H2,1H3,(H2,22,23);5-6,11,13H,2-4,7-10H2,1H3;5-6,11,14H,2-4,7-10,17H2,1H3;2-3,5H,1,4H2,(H,10,12);7H,2-6H2,1H3;2-4,7H,1H3;3H,2H2,1H3;1H4;2*1H. The minimum absolute atomic E-state index is 0. The number of carbonyl (C=O) groups excluding carboxylic acids is 4. The number of amidine groups is 1. The Balaban J connectivity index is 0.000000236. The summed E-state index contributed by atoms with van der Waals surface area (Å²) in [5.41, 5.74) is 21.6. The lowest BCUT2D eigenvalue weighted by Gasteiger charge is -2.31. The number of hydrogen-bond acceptors (Lipinski definition) is 19. The lowest BCUT2D eigenvalue weighted by molar-refractivity contribution is -0.385. The van der Waals surface area contributed by atoms with E-state index in [-0.39, 0.29) is 90.3 Å². The molecule has 586 valence electrons. The first-order chi connectivity index (χ1) is 50.1. The Morgan fingerprint density at radius 2 is 0.991 bits per heavy atom. The number of amides is 4. The number of likely N-dealkylation sites (tertiary alicyclic amines) is 4. The van der Waals surface area contributed by atoms with E-state index in [9.17, 15) is 39.4 Å². The maximum atomic E-state index is 12.5. The molecular formula is C78H111Cl2IN14O9S3. The molecule has 7 N–H and O–H groups in total. The van der Waals surface area contributed by atoms with Crippen molar-refractivity contribution in [2.45, 2.75) is 167 Å². The number of aliphatic hydroxyl groups excluding tert-OH is 1. The third-order valence-electron chi connectivity index (χ3n) is 20.4. The highest BCUT2D eigenvalue weighted by Gasteiger charge is 2.32. The lowest BCUT2D eigenvalue weighted by Crippen LogP contribution is -2.38. The number of nitrogens with zero attached hydrogens (tertiary/aromatic N) is 10. The van der Waals surface area contributed by atoms with E-state index in [2.05, 4.69) is 64.2 Å². The number of rotatable bonds is 16. The minimum Gasteiger partial charge on any atom is -0.399 e. The van der Waals surface area contributed by atoms with Gasteiger partial charge in [-0.1, -0.05) is 19.6 Å². The number of nitro benzene ring substituents is 2. The van der Waals surface area contributed by atoms with Gasteiger partial charge in [0.2, 0.25) is 23.6 Å². The summed E-state index contributed by atoms with van der Waals surface area (Å²) in [6.07, 6.45) is 21.1. The molecule has 14 rings (SSSR count). The third-order valence-corrected chi connectivity index (χ3v) is 23.1. The SMILES string of the molecule is C.CCO.CN1CCCC1CCCl.CN1CCCC1CCN1C(=O)CCc2cc(N)ccc21.CN1CCCC1CCN1C(=O)CCc2cc(N=C(N)c3cccs3)ccc21.CN1CCCC1CCN1C(=O)CCc2cc([N+](=O)[O-])ccc21.CSC(=N)c1cccs1.Cl.I.O=C1CCc2cc([N+](=O)[O-])ccc2N1. The monoisotopic (exact) mass is 1680 g/mol. The second kappa shape index (κ2) is 46.1. The van der Waals surface area contributed by atoms with E-state index in [1.807, 2.05) is 86.3 Å². The van der Waals surface area contributed by atoms with E-state index in [4.69, 9.17) is 33.6 Å². The Kier molecular flexibility index (Phi) is 39.2. The smallest absolute Gasteiger partial charge is 0.269 e. The zero-order valence-electron chi connectivity index (χ0n) is 62.0. The van der Waals surface area contributed by atoms with Gasteiger partial charge >= 0.3 is 0 Å². The number of thiophene rings is 2. The highest BCUT2D eigenvalue weighted by molar-refractivity contribution is 14.0. The zero-order valence-corrected chi connectivity index (χ0v) is 68.3. The van der Waals surface area contributed by atoms with E-state index in [1.165, 1.54) is 112 Å². The highest BCUT2D eigenvalue weighted by Crippen LogP contribution is 2.36. The van der Waals surface area contributed by atoms with Gasteiger partial charge in [-0.3, -0.25) is 44.8 Å². The number of hydrogen-bond donors (Lipinski definition) is 5. The number of benzene rings is 4. The largest absolute Gasteiger partial charge is 0.399 e. The number of fused-ring (bicyclic) bond motifs is 4. The second-order valence-electron chi connectivity index (χ2n) is 27.3. The van der Waals surface area contributed by atoms with E-state index >= 15 is 0 Å². The van der Waals surface area contributed by atoms with Gasteiger partial charge in [0.05, 0.1) is 25.3 Å². The van der Waals surface area contributed by atoms with E-state index in [1.54, 1.807) is 47.8 Å². The molecule has 8 aliphatic rings. The number of anilines is 5. The molecule has 4 fully saturated rings. The number of nitrogens with one attached hydrogen (secondary N) is 2. The van der Waals surface area contributed by atoms with Crippen molar-refractivity contribution in [1.82, 2.24) is 19.6 Å². The van der Waals surface area contributed by atoms with Gasteiger partial charge in [-0.2, -0.15) is 0 Å². The summed E-state index contributed by atoms with van der Waals surface area (Å²) in [4.78, 5) is 90.5. The molecule has 8 aliphatic heterocycles. The number of aliphatic hydroxyl groups is 1. The van der Waals surface area contributed by atoms with Crippen LogP contribution in [0.4, 0.5) is 45.5 Å². The topological polar surface area (TPSA) is 298 Å². The van der Waals surface area contributed by atoms with Crippen molar-refractivity contribution in [1.29, 1.82) is 5.41 Å². The van der Waals surface area contributed by atoms with Gasteiger partial charge in [-0.25, -0.2) is 4.99 Å². The first-order valence-corrected chi connectivity index (χ1v) is 39.9. The summed E-state index contributed by atoms with van der Waals surface area (Å²) in [5.74, 6) is 1.93. The van der Waals surface area contributed by atoms with Crippen LogP contribution in [0.15, 0.2) is 113 Å². The van der Waals surface area contributed by atoms with Crippen LogP contribution in [0.3, 0.4) is 0 Å². The Labute approximate surface area is 672 Å². The molecule has 0 radical (unpaired) electrons. The number of aryl methyl sites for hydroxylation is 4. The Morgan fingerprint density at radius 3 is 1.40 bits per heavy atom. The molecule has 4 atom stereocenters. The number of nitrogens with two attached hydrogens (primary N) is 2. The van der Waals surface area contributed by atoms with E-state index < -0.39 is 4.92 Å². The molecule has 0 bridgehead atoms. The summed E-state index contributed by atoms with van der Waals surface area (Å²) >= 11 is 10.3. The van der Waals surface area contributed by atoms with Crippen molar-refractivity contribution in [3.8, 4) is 0 Å². The van der Waals surface area contributed by atoms with Gasteiger partial charge in [0, 0.05) is 135 Å². The van der Waals surface area contributed by atoms with Crippen molar-refractivity contribution in [3.63, 3.8) is 0 Å². The molecule has 0 aliphatic carbocycles. The Bertz CT molecular complexity index is 3880. The van der Waals surface area contributed by atoms with Crippen LogP contribution in [-0.4, -0.2) is 186 Å². The van der Waals surface area contributed by atoms with E-state index in [0.29, 0.717) is 79.8 Å². The average molecular weight is 1680 g/mol. The predicted molar refractivity (Wildman–Crippen MR) is 456 cm³/mol. The molecule has 4 aromatic carbocycles.